The summed E-state index contributed by atoms with van der Waals surface area (Å²) < 4.78 is 31.7. The summed E-state index contributed by atoms with van der Waals surface area (Å²) in [5, 5.41) is 9.10. The van der Waals surface area contributed by atoms with Gasteiger partial charge in [-0.05, 0) is 82.0 Å². The Labute approximate surface area is 195 Å². The molecule has 2 aromatic carbocycles. The van der Waals surface area contributed by atoms with E-state index in [-0.39, 0.29) is 15.9 Å². The number of amides is 1. The number of anilines is 1. The zero-order valence-electron chi connectivity index (χ0n) is 19.2. The second-order valence-electron chi connectivity index (χ2n) is 9.58. The molecule has 0 N–H and O–H groups in total. The summed E-state index contributed by atoms with van der Waals surface area (Å²) in [6.45, 7) is 7.73. The third kappa shape index (κ3) is 4.83. The Morgan fingerprint density at radius 1 is 1.06 bits per heavy atom. The molecule has 0 spiro atoms. The third-order valence-corrected chi connectivity index (χ3v) is 7.87. The molecule has 2 aliphatic rings. The maximum atomic E-state index is 13.1. The molecule has 0 aromatic heterocycles. The van der Waals surface area contributed by atoms with Crippen molar-refractivity contribution in [1.82, 2.24) is 4.90 Å². The van der Waals surface area contributed by atoms with Crippen molar-refractivity contribution in [2.75, 3.05) is 24.5 Å². The minimum absolute atomic E-state index is 0.130. The maximum Gasteiger partial charge on any atom is 0.410 e. The number of sulfone groups is 1. The molecule has 0 unspecified atom stereocenters. The van der Waals surface area contributed by atoms with Gasteiger partial charge in [-0.2, -0.15) is 5.26 Å². The summed E-state index contributed by atoms with van der Waals surface area (Å²) in [4.78, 5) is 16.8. The van der Waals surface area contributed by atoms with E-state index >= 15 is 0 Å². The van der Waals surface area contributed by atoms with E-state index in [1.807, 2.05) is 32.9 Å². The number of hydrogen-bond donors (Lipinski definition) is 0. The molecule has 2 aliphatic heterocycles. The molecule has 1 saturated heterocycles. The summed E-state index contributed by atoms with van der Waals surface area (Å²) in [6, 6.07) is 13.7. The minimum atomic E-state index is -3.70. The van der Waals surface area contributed by atoms with Crippen molar-refractivity contribution in [3.8, 4) is 6.07 Å². The Morgan fingerprint density at radius 2 is 1.76 bits per heavy atom. The number of fused-ring (bicyclic) bond motifs is 1. The standard InChI is InChI=1S/C25H29N3O4S/c1-25(2,3)32-24(29)27-12-10-20(11-13-27)28-14-9-19-16-22(7-8-23(19)28)33(30,31)21-6-4-5-18(15-21)17-26/h4-8,15-16,20H,9-14H2,1-3H3. The minimum Gasteiger partial charge on any atom is -0.444 e. The van der Waals surface area contributed by atoms with Gasteiger partial charge in [-0.25, -0.2) is 13.2 Å². The van der Waals surface area contributed by atoms with Gasteiger partial charge in [-0.3, -0.25) is 0 Å². The monoisotopic (exact) mass is 467 g/mol. The van der Waals surface area contributed by atoms with Gasteiger partial charge in [-0.1, -0.05) is 6.07 Å². The molecule has 174 valence electrons. The average molecular weight is 468 g/mol. The van der Waals surface area contributed by atoms with Crippen molar-refractivity contribution in [1.29, 1.82) is 5.26 Å². The fourth-order valence-corrected chi connectivity index (χ4v) is 5.86. The molecular weight excluding hydrogens is 438 g/mol. The van der Waals surface area contributed by atoms with Crippen LogP contribution in [0, 0.1) is 11.3 Å². The molecule has 33 heavy (non-hydrogen) atoms. The van der Waals surface area contributed by atoms with E-state index in [4.69, 9.17) is 10.00 Å². The van der Waals surface area contributed by atoms with E-state index in [0.29, 0.717) is 24.7 Å². The summed E-state index contributed by atoms with van der Waals surface area (Å²) >= 11 is 0. The highest BCUT2D eigenvalue weighted by atomic mass is 32.2. The number of piperidine rings is 1. The first-order valence-electron chi connectivity index (χ1n) is 11.2. The predicted molar refractivity (Wildman–Crippen MR) is 125 cm³/mol. The normalized spacial score (nSPS) is 16.9. The Hall–Kier alpha value is -3.05. The fraction of sp³-hybridized carbons (Fsp3) is 0.440. The lowest BCUT2D eigenvalue weighted by Gasteiger charge is -2.38. The van der Waals surface area contributed by atoms with Gasteiger partial charge in [0.1, 0.15) is 5.60 Å². The molecule has 7 nitrogen and oxygen atoms in total. The highest BCUT2D eigenvalue weighted by molar-refractivity contribution is 7.91. The van der Waals surface area contributed by atoms with Crippen LogP contribution in [0.25, 0.3) is 0 Å². The van der Waals surface area contributed by atoms with E-state index < -0.39 is 15.4 Å². The first-order valence-corrected chi connectivity index (χ1v) is 12.7. The molecule has 1 fully saturated rings. The number of carbonyl (C=O) groups excluding carboxylic acids is 1. The maximum absolute atomic E-state index is 13.1. The first kappa shape index (κ1) is 23.1. The summed E-state index contributed by atoms with van der Waals surface area (Å²) in [5.74, 6) is 0. The van der Waals surface area contributed by atoms with Crippen LogP contribution in [0.1, 0.15) is 44.7 Å². The quantitative estimate of drug-likeness (QED) is 0.673. The van der Waals surface area contributed by atoms with Crippen LogP contribution in [0.4, 0.5) is 10.5 Å². The zero-order valence-corrected chi connectivity index (χ0v) is 20.1. The number of likely N-dealkylation sites (tertiary alicyclic amines) is 1. The van der Waals surface area contributed by atoms with Crippen molar-refractivity contribution in [2.24, 2.45) is 0 Å². The Bertz CT molecular complexity index is 1200. The second kappa shape index (κ2) is 8.71. The van der Waals surface area contributed by atoms with Crippen molar-refractivity contribution in [3.05, 3.63) is 53.6 Å². The number of carbonyl (C=O) groups is 1. The van der Waals surface area contributed by atoms with Crippen LogP contribution in [0.2, 0.25) is 0 Å². The molecule has 0 saturated carbocycles. The number of nitriles is 1. The predicted octanol–water partition coefficient (Wildman–Crippen LogP) is 4.15. The van der Waals surface area contributed by atoms with Crippen LogP contribution in [-0.4, -0.2) is 50.7 Å². The van der Waals surface area contributed by atoms with Crippen molar-refractivity contribution < 1.29 is 17.9 Å². The largest absolute Gasteiger partial charge is 0.444 e. The van der Waals surface area contributed by atoms with Crippen LogP contribution in [0.15, 0.2) is 52.3 Å². The van der Waals surface area contributed by atoms with Crippen LogP contribution in [0.3, 0.4) is 0 Å². The lowest BCUT2D eigenvalue weighted by Crippen LogP contribution is -2.47. The number of rotatable bonds is 3. The van der Waals surface area contributed by atoms with E-state index in [0.717, 1.165) is 37.1 Å². The number of nitrogens with zero attached hydrogens (tertiary/aromatic N) is 3. The van der Waals surface area contributed by atoms with E-state index in [1.165, 1.54) is 12.1 Å². The second-order valence-corrected chi connectivity index (χ2v) is 11.5. The lowest BCUT2D eigenvalue weighted by atomic mass is 10.0. The van der Waals surface area contributed by atoms with Crippen LogP contribution < -0.4 is 4.90 Å². The number of benzene rings is 2. The topological polar surface area (TPSA) is 90.7 Å². The van der Waals surface area contributed by atoms with Gasteiger partial charge in [0, 0.05) is 31.4 Å². The Morgan fingerprint density at radius 3 is 2.42 bits per heavy atom. The first-order chi connectivity index (χ1) is 15.6. The highest BCUT2D eigenvalue weighted by Crippen LogP contribution is 2.35. The van der Waals surface area contributed by atoms with Gasteiger partial charge in [0.15, 0.2) is 0 Å². The fourth-order valence-electron chi connectivity index (χ4n) is 4.51. The van der Waals surface area contributed by atoms with Gasteiger partial charge in [0.25, 0.3) is 0 Å². The molecule has 2 heterocycles. The Balaban J connectivity index is 1.47. The smallest absolute Gasteiger partial charge is 0.410 e. The molecule has 8 heteroatoms. The summed E-state index contributed by atoms with van der Waals surface area (Å²) in [7, 11) is -3.70. The van der Waals surface area contributed by atoms with E-state index in [1.54, 1.807) is 29.2 Å². The van der Waals surface area contributed by atoms with Gasteiger partial charge in [-0.15, -0.1) is 0 Å². The highest BCUT2D eigenvalue weighted by Gasteiger charge is 2.33. The van der Waals surface area contributed by atoms with Gasteiger partial charge in [0.05, 0.1) is 21.4 Å². The third-order valence-electron chi connectivity index (χ3n) is 6.12. The molecule has 0 atom stereocenters. The van der Waals surface area contributed by atoms with Crippen molar-refractivity contribution in [3.63, 3.8) is 0 Å². The van der Waals surface area contributed by atoms with Crippen LogP contribution in [-0.2, 0) is 21.0 Å². The lowest BCUT2D eigenvalue weighted by molar-refractivity contribution is 0.0205. The summed E-state index contributed by atoms with van der Waals surface area (Å²) in [5.41, 5.74) is 1.90. The molecule has 0 radical (unpaired) electrons. The molecule has 0 aliphatic carbocycles. The van der Waals surface area contributed by atoms with Crippen LogP contribution in [0.5, 0.6) is 0 Å². The Kier molecular flexibility index (Phi) is 6.10. The van der Waals surface area contributed by atoms with E-state index in [9.17, 15) is 13.2 Å². The van der Waals surface area contributed by atoms with Crippen molar-refractivity contribution in [2.45, 2.75) is 61.5 Å². The van der Waals surface area contributed by atoms with E-state index in [2.05, 4.69) is 4.90 Å². The SMILES string of the molecule is CC(C)(C)OC(=O)N1CCC(N2CCc3cc(S(=O)(=O)c4cccc(C#N)c4)ccc32)CC1. The van der Waals surface area contributed by atoms with Gasteiger partial charge in [0.2, 0.25) is 9.84 Å². The molecule has 4 rings (SSSR count). The zero-order chi connectivity index (χ0) is 23.8. The summed E-state index contributed by atoms with van der Waals surface area (Å²) in [6.07, 6.45) is 2.21. The number of hydrogen-bond acceptors (Lipinski definition) is 6. The number of ether oxygens (including phenoxy) is 1. The molecular formula is C25H29N3O4S. The van der Waals surface area contributed by atoms with Gasteiger partial charge < -0.3 is 14.5 Å². The van der Waals surface area contributed by atoms with Crippen molar-refractivity contribution >= 4 is 21.6 Å². The van der Waals surface area contributed by atoms with Gasteiger partial charge >= 0.3 is 6.09 Å². The van der Waals surface area contributed by atoms with Crippen LogP contribution >= 0.6 is 0 Å². The average Bonchev–Trinajstić information content (AvgIpc) is 3.21. The molecule has 2 aromatic rings. The molecule has 0 bridgehead atoms. The molecule has 1 amide bonds.